The van der Waals surface area contributed by atoms with Crippen molar-refractivity contribution in [3.05, 3.63) is 52.1 Å². The topological polar surface area (TPSA) is 79.6 Å². The summed E-state index contributed by atoms with van der Waals surface area (Å²) in [7, 11) is 0. The van der Waals surface area contributed by atoms with Gasteiger partial charge in [-0.3, -0.25) is 19.3 Å². The van der Waals surface area contributed by atoms with Gasteiger partial charge in [-0.15, -0.1) is 0 Å². The Hall–Kier alpha value is -2.51. The molecular weight excluding hydrogens is 388 g/mol. The molecule has 0 spiro atoms. The lowest BCUT2D eigenvalue weighted by molar-refractivity contribution is -0.129. The highest BCUT2D eigenvalue weighted by Crippen LogP contribution is 2.33. The summed E-state index contributed by atoms with van der Waals surface area (Å²) in [6, 6.07) is 10.7. The molecule has 1 aliphatic rings. The Morgan fingerprint density at radius 2 is 2.11 bits per heavy atom. The van der Waals surface area contributed by atoms with E-state index in [1.165, 1.54) is 6.08 Å². The summed E-state index contributed by atoms with van der Waals surface area (Å²) in [5, 5.41) is 2.77. The summed E-state index contributed by atoms with van der Waals surface area (Å²) >= 11 is 6.77. The van der Waals surface area contributed by atoms with E-state index in [2.05, 4.69) is 5.32 Å². The first kappa shape index (κ1) is 19.3. The van der Waals surface area contributed by atoms with Gasteiger partial charge in [-0.1, -0.05) is 30.7 Å². The van der Waals surface area contributed by atoms with Crippen LogP contribution in [-0.4, -0.2) is 35.0 Å². The summed E-state index contributed by atoms with van der Waals surface area (Å²) in [5.74, 6) is 0.173. The lowest BCUT2D eigenvalue weighted by Gasteiger charge is -2.11. The first-order chi connectivity index (χ1) is 13.0. The number of amides is 3. The van der Waals surface area contributed by atoms with Gasteiger partial charge in [-0.2, -0.15) is 0 Å². The smallest absolute Gasteiger partial charge is 0.294 e. The Labute approximate surface area is 165 Å². The minimum Gasteiger partial charge on any atom is -0.457 e. The molecule has 1 aromatic carbocycles. The van der Waals surface area contributed by atoms with Crippen molar-refractivity contribution in [2.75, 3.05) is 13.1 Å². The number of hydrogen-bond donors (Lipinski definition) is 1. The standard InChI is InChI=1S/C19H17ClN2O4S/c1-2-8-21-17(23)11-22-18(24)16(27-19(22)25)10-14-6-7-15(26-14)12-4-3-5-13(20)9-12/h3-7,9-10H,2,8,11H2,1H3,(H,21,23)/b16-10-. The molecule has 0 atom stereocenters. The van der Waals surface area contributed by atoms with Gasteiger partial charge in [0.25, 0.3) is 11.1 Å². The van der Waals surface area contributed by atoms with E-state index >= 15 is 0 Å². The van der Waals surface area contributed by atoms with Crippen molar-refractivity contribution < 1.29 is 18.8 Å². The van der Waals surface area contributed by atoms with Crippen LogP contribution in [0.25, 0.3) is 17.4 Å². The summed E-state index contributed by atoms with van der Waals surface area (Å²) in [4.78, 5) is 37.4. The normalized spacial score (nSPS) is 15.6. The number of rotatable bonds is 6. The van der Waals surface area contributed by atoms with Gasteiger partial charge in [0.15, 0.2) is 0 Å². The lowest BCUT2D eigenvalue weighted by Crippen LogP contribution is -2.39. The average molecular weight is 405 g/mol. The van der Waals surface area contributed by atoms with Crippen LogP contribution >= 0.6 is 23.4 Å². The van der Waals surface area contributed by atoms with Crippen molar-refractivity contribution >= 4 is 46.5 Å². The van der Waals surface area contributed by atoms with E-state index in [1.807, 2.05) is 19.1 Å². The van der Waals surface area contributed by atoms with Crippen molar-refractivity contribution in [3.8, 4) is 11.3 Å². The van der Waals surface area contributed by atoms with Crippen LogP contribution in [0.3, 0.4) is 0 Å². The Morgan fingerprint density at radius 3 is 2.85 bits per heavy atom. The predicted molar refractivity (Wildman–Crippen MR) is 105 cm³/mol. The molecule has 1 aromatic heterocycles. The summed E-state index contributed by atoms with van der Waals surface area (Å²) < 4.78 is 5.73. The molecule has 1 saturated heterocycles. The Kier molecular flexibility index (Phi) is 6.03. The quantitative estimate of drug-likeness (QED) is 0.731. The van der Waals surface area contributed by atoms with Crippen LogP contribution in [0, 0.1) is 0 Å². The van der Waals surface area contributed by atoms with Crippen LogP contribution in [0.15, 0.2) is 45.7 Å². The Bertz CT molecular complexity index is 922. The molecule has 0 radical (unpaired) electrons. The van der Waals surface area contributed by atoms with Gasteiger partial charge in [-0.05, 0) is 42.4 Å². The van der Waals surface area contributed by atoms with Crippen molar-refractivity contribution in [2.45, 2.75) is 13.3 Å². The van der Waals surface area contributed by atoms with E-state index in [4.69, 9.17) is 16.0 Å². The Balaban J connectivity index is 1.73. The second-order valence-corrected chi connectivity index (χ2v) is 7.26. The molecule has 27 heavy (non-hydrogen) atoms. The van der Waals surface area contributed by atoms with Gasteiger partial charge < -0.3 is 9.73 Å². The molecule has 2 heterocycles. The molecular formula is C19H17ClN2O4S. The maximum Gasteiger partial charge on any atom is 0.294 e. The van der Waals surface area contributed by atoms with E-state index in [9.17, 15) is 14.4 Å². The molecule has 0 unspecified atom stereocenters. The predicted octanol–water partition coefficient (Wildman–Crippen LogP) is 4.16. The number of benzene rings is 1. The van der Waals surface area contributed by atoms with E-state index in [0.717, 1.165) is 28.6 Å². The van der Waals surface area contributed by atoms with Crippen molar-refractivity contribution in [1.29, 1.82) is 0 Å². The van der Waals surface area contributed by atoms with Crippen LogP contribution in [0.4, 0.5) is 4.79 Å². The molecule has 8 heteroatoms. The summed E-state index contributed by atoms with van der Waals surface area (Å²) in [6.07, 6.45) is 2.28. The highest BCUT2D eigenvalue weighted by atomic mass is 35.5. The molecule has 3 amide bonds. The zero-order valence-electron chi connectivity index (χ0n) is 14.5. The molecule has 0 bridgehead atoms. The third-order valence-electron chi connectivity index (χ3n) is 3.76. The molecule has 1 fully saturated rings. The second-order valence-electron chi connectivity index (χ2n) is 5.83. The number of nitrogens with zero attached hydrogens (tertiary/aromatic N) is 1. The maximum absolute atomic E-state index is 12.4. The largest absolute Gasteiger partial charge is 0.457 e. The number of nitrogens with one attached hydrogen (secondary N) is 1. The first-order valence-corrected chi connectivity index (χ1v) is 9.55. The van der Waals surface area contributed by atoms with Crippen LogP contribution < -0.4 is 5.32 Å². The third-order valence-corrected chi connectivity index (χ3v) is 4.90. The van der Waals surface area contributed by atoms with Crippen LogP contribution in [-0.2, 0) is 9.59 Å². The van der Waals surface area contributed by atoms with E-state index in [-0.39, 0.29) is 17.4 Å². The number of hydrogen-bond acceptors (Lipinski definition) is 5. The van der Waals surface area contributed by atoms with E-state index in [1.54, 1.807) is 24.3 Å². The zero-order chi connectivity index (χ0) is 19.4. The van der Waals surface area contributed by atoms with Gasteiger partial charge >= 0.3 is 0 Å². The number of furan rings is 1. The molecule has 2 aromatic rings. The minimum atomic E-state index is -0.502. The van der Waals surface area contributed by atoms with Gasteiger partial charge in [0.2, 0.25) is 5.91 Å². The number of halogens is 1. The van der Waals surface area contributed by atoms with E-state index in [0.29, 0.717) is 23.1 Å². The van der Waals surface area contributed by atoms with Crippen LogP contribution in [0.1, 0.15) is 19.1 Å². The number of imide groups is 1. The van der Waals surface area contributed by atoms with Crippen molar-refractivity contribution in [1.82, 2.24) is 10.2 Å². The number of carbonyl (C=O) groups excluding carboxylic acids is 3. The third kappa shape index (κ3) is 4.61. The van der Waals surface area contributed by atoms with Crippen LogP contribution in [0.2, 0.25) is 5.02 Å². The molecule has 0 saturated carbocycles. The van der Waals surface area contributed by atoms with E-state index < -0.39 is 11.1 Å². The fraction of sp³-hybridized carbons (Fsp3) is 0.211. The summed E-state index contributed by atoms with van der Waals surface area (Å²) in [6.45, 7) is 2.14. The molecule has 6 nitrogen and oxygen atoms in total. The first-order valence-electron chi connectivity index (χ1n) is 8.35. The molecule has 0 aliphatic carbocycles. The molecule has 1 aliphatic heterocycles. The minimum absolute atomic E-state index is 0.218. The molecule has 140 valence electrons. The highest BCUT2D eigenvalue weighted by molar-refractivity contribution is 8.18. The fourth-order valence-electron chi connectivity index (χ4n) is 2.46. The maximum atomic E-state index is 12.4. The SMILES string of the molecule is CCCNC(=O)CN1C(=O)S/C(=C\c2ccc(-c3cccc(Cl)c3)o2)C1=O. The number of thioether (sulfide) groups is 1. The van der Waals surface area contributed by atoms with Gasteiger partial charge in [-0.25, -0.2) is 0 Å². The highest BCUT2D eigenvalue weighted by Gasteiger charge is 2.36. The molecule has 1 N–H and O–H groups in total. The van der Waals surface area contributed by atoms with Crippen molar-refractivity contribution in [2.24, 2.45) is 0 Å². The fourth-order valence-corrected chi connectivity index (χ4v) is 3.47. The number of carbonyl (C=O) groups is 3. The lowest BCUT2D eigenvalue weighted by atomic mass is 10.2. The van der Waals surface area contributed by atoms with Crippen LogP contribution in [0.5, 0.6) is 0 Å². The van der Waals surface area contributed by atoms with Gasteiger partial charge in [0.1, 0.15) is 18.1 Å². The second kappa shape index (κ2) is 8.45. The zero-order valence-corrected chi connectivity index (χ0v) is 16.1. The van der Waals surface area contributed by atoms with Crippen molar-refractivity contribution in [3.63, 3.8) is 0 Å². The van der Waals surface area contributed by atoms with Gasteiger partial charge in [0.05, 0.1) is 4.91 Å². The monoisotopic (exact) mass is 404 g/mol. The summed E-state index contributed by atoms with van der Waals surface area (Å²) in [5.41, 5.74) is 0.808. The average Bonchev–Trinajstić information content (AvgIpc) is 3.21. The molecule has 3 rings (SSSR count). The van der Waals surface area contributed by atoms with Gasteiger partial charge in [0, 0.05) is 23.2 Å². The Morgan fingerprint density at radius 1 is 1.30 bits per heavy atom.